The lowest BCUT2D eigenvalue weighted by molar-refractivity contribution is -0.131. The molecular weight excluding hydrogens is 384 g/mol. The van der Waals surface area contributed by atoms with Gasteiger partial charge in [-0.2, -0.15) is 0 Å². The third-order valence-corrected chi connectivity index (χ3v) is 5.48. The Morgan fingerprint density at radius 1 is 1.33 bits per heavy atom. The summed E-state index contributed by atoms with van der Waals surface area (Å²) in [6.07, 6.45) is 5.30. The van der Waals surface area contributed by atoms with E-state index in [1.165, 1.54) is 11.3 Å². The molecule has 138 valence electrons. The van der Waals surface area contributed by atoms with Crippen LogP contribution in [0.25, 0.3) is 0 Å². The monoisotopic (exact) mass is 400 g/mol. The van der Waals surface area contributed by atoms with Crippen molar-refractivity contribution in [2.45, 2.75) is 25.6 Å². The van der Waals surface area contributed by atoms with E-state index in [1.807, 2.05) is 35.0 Å². The Kier molecular flexibility index (Phi) is 5.22. The molecule has 2 aromatic heterocycles. The number of amides is 1. The second-order valence-corrected chi connectivity index (χ2v) is 7.93. The zero-order valence-corrected chi connectivity index (χ0v) is 15.9. The first-order valence-corrected chi connectivity index (χ1v) is 9.66. The minimum atomic E-state index is -0.602. The molecule has 3 aromatic rings. The number of hydrogen-bond acceptors (Lipinski definition) is 5. The Morgan fingerprint density at radius 3 is 3.00 bits per heavy atom. The van der Waals surface area contributed by atoms with Crippen LogP contribution in [0.5, 0.6) is 0 Å². The quantitative estimate of drug-likeness (QED) is 0.689. The molecule has 4 rings (SSSR count). The molecule has 1 unspecified atom stereocenters. The Balaban J connectivity index is 1.31. The van der Waals surface area contributed by atoms with Crippen molar-refractivity contribution in [1.29, 1.82) is 0 Å². The molecule has 1 aromatic carbocycles. The Bertz CT molecular complexity index is 968. The van der Waals surface area contributed by atoms with Crippen LogP contribution in [0, 0.1) is 0 Å². The number of hydrogen-bond donors (Lipinski definition) is 1. The van der Waals surface area contributed by atoms with Crippen LogP contribution in [-0.2, 0) is 22.7 Å². The Labute approximate surface area is 165 Å². The summed E-state index contributed by atoms with van der Waals surface area (Å²) in [5.74, 6) is -0.170. The molecule has 0 radical (unpaired) electrons. The number of carbonyl (C=O) groups is 1. The van der Waals surface area contributed by atoms with E-state index in [4.69, 9.17) is 16.4 Å². The molecule has 1 aliphatic heterocycles. The van der Waals surface area contributed by atoms with Gasteiger partial charge in [-0.1, -0.05) is 41.0 Å². The highest BCUT2D eigenvalue weighted by atomic mass is 35.5. The van der Waals surface area contributed by atoms with Crippen LogP contribution in [0.3, 0.4) is 0 Å². The molecule has 0 bridgehead atoms. The number of oxime groups is 1. The van der Waals surface area contributed by atoms with Crippen LogP contribution in [-0.4, -0.2) is 27.3 Å². The topological polar surface area (TPSA) is 68.5 Å². The second-order valence-electron chi connectivity index (χ2n) is 6.21. The lowest BCUT2D eigenvalue weighted by Crippen LogP contribution is -2.34. The number of halogens is 1. The Morgan fingerprint density at radius 2 is 2.22 bits per heavy atom. The van der Waals surface area contributed by atoms with Crippen LogP contribution < -0.4 is 5.32 Å². The molecule has 1 amide bonds. The molecule has 0 fully saturated rings. The molecule has 1 atom stereocenters. The highest BCUT2D eigenvalue weighted by Crippen LogP contribution is 2.26. The minimum absolute atomic E-state index is 0.170. The zero-order chi connectivity index (χ0) is 18.6. The molecule has 1 aliphatic rings. The highest BCUT2D eigenvalue weighted by Gasteiger charge is 2.29. The molecule has 0 spiro atoms. The minimum Gasteiger partial charge on any atom is -0.382 e. The van der Waals surface area contributed by atoms with Gasteiger partial charge in [0.05, 0.1) is 15.5 Å². The highest BCUT2D eigenvalue weighted by molar-refractivity contribution is 7.18. The number of carbonyl (C=O) groups excluding carboxylic acids is 1. The van der Waals surface area contributed by atoms with Gasteiger partial charge in [-0.3, -0.25) is 4.79 Å². The Hall–Kier alpha value is -2.64. The second kappa shape index (κ2) is 7.94. The molecular formula is C19H17ClN4O2S. The fraction of sp³-hybridized carbons (Fsp3) is 0.211. The van der Waals surface area contributed by atoms with Crippen LogP contribution in [0.2, 0.25) is 4.34 Å². The first kappa shape index (κ1) is 17.8. The van der Waals surface area contributed by atoms with Crippen LogP contribution >= 0.6 is 22.9 Å². The summed E-state index contributed by atoms with van der Waals surface area (Å²) in [6.45, 7) is 1.19. The SMILES string of the molecule is O=C(NCc1cccc(Cn2ccnc2)c1)C1CC(c2ccc(Cl)s2)=NO1. The van der Waals surface area contributed by atoms with Crippen molar-refractivity contribution in [2.75, 3.05) is 0 Å². The standard InChI is InChI=1S/C19H17ClN4O2S/c20-18-5-4-17(27-18)15-9-16(26-23-15)19(25)22-10-13-2-1-3-14(8-13)11-24-7-6-21-12-24/h1-8,12,16H,9-11H2,(H,22,25). The molecule has 3 heterocycles. The van der Waals surface area contributed by atoms with Crippen molar-refractivity contribution in [2.24, 2.45) is 5.16 Å². The average Bonchev–Trinajstić information content (AvgIpc) is 3.41. The van der Waals surface area contributed by atoms with Crippen molar-refractivity contribution in [3.8, 4) is 0 Å². The fourth-order valence-electron chi connectivity index (χ4n) is 2.86. The van der Waals surface area contributed by atoms with E-state index in [2.05, 4.69) is 27.6 Å². The predicted octanol–water partition coefficient (Wildman–Crippen LogP) is 3.46. The molecule has 27 heavy (non-hydrogen) atoms. The maximum Gasteiger partial charge on any atom is 0.264 e. The summed E-state index contributed by atoms with van der Waals surface area (Å²) in [6, 6.07) is 11.8. The molecule has 8 heteroatoms. The van der Waals surface area contributed by atoms with E-state index in [0.29, 0.717) is 17.3 Å². The third-order valence-electron chi connectivity index (χ3n) is 4.20. The van der Waals surface area contributed by atoms with Gasteiger partial charge in [-0.05, 0) is 23.3 Å². The van der Waals surface area contributed by atoms with Gasteiger partial charge in [0.15, 0.2) is 0 Å². The summed E-state index contributed by atoms with van der Waals surface area (Å²) in [5, 5.41) is 6.96. The zero-order valence-electron chi connectivity index (χ0n) is 14.3. The molecule has 1 N–H and O–H groups in total. The van der Waals surface area contributed by atoms with Crippen molar-refractivity contribution < 1.29 is 9.63 Å². The number of nitrogens with one attached hydrogen (secondary N) is 1. The van der Waals surface area contributed by atoms with E-state index >= 15 is 0 Å². The first-order valence-electron chi connectivity index (χ1n) is 8.47. The van der Waals surface area contributed by atoms with Crippen molar-refractivity contribution >= 4 is 34.6 Å². The van der Waals surface area contributed by atoms with E-state index in [1.54, 1.807) is 12.5 Å². The summed E-state index contributed by atoms with van der Waals surface area (Å²) in [7, 11) is 0. The molecule has 0 aliphatic carbocycles. The van der Waals surface area contributed by atoms with Gasteiger partial charge in [0.2, 0.25) is 6.10 Å². The number of rotatable bonds is 6. The predicted molar refractivity (Wildman–Crippen MR) is 105 cm³/mol. The van der Waals surface area contributed by atoms with Gasteiger partial charge in [-0.25, -0.2) is 4.98 Å². The summed E-state index contributed by atoms with van der Waals surface area (Å²) in [4.78, 5) is 22.7. The number of benzene rings is 1. The van der Waals surface area contributed by atoms with Crippen LogP contribution in [0.1, 0.15) is 22.4 Å². The maximum absolute atomic E-state index is 12.4. The average molecular weight is 401 g/mol. The summed E-state index contributed by atoms with van der Waals surface area (Å²) >= 11 is 7.38. The largest absolute Gasteiger partial charge is 0.382 e. The van der Waals surface area contributed by atoms with E-state index in [-0.39, 0.29) is 5.91 Å². The van der Waals surface area contributed by atoms with Gasteiger partial charge in [0, 0.05) is 31.9 Å². The number of aromatic nitrogens is 2. The number of nitrogens with zero attached hydrogens (tertiary/aromatic N) is 3. The van der Waals surface area contributed by atoms with Crippen LogP contribution in [0.15, 0.2) is 60.3 Å². The van der Waals surface area contributed by atoms with E-state index < -0.39 is 6.10 Å². The van der Waals surface area contributed by atoms with Gasteiger partial charge >= 0.3 is 0 Å². The molecule has 0 saturated carbocycles. The van der Waals surface area contributed by atoms with Crippen molar-refractivity contribution in [3.05, 3.63) is 75.5 Å². The maximum atomic E-state index is 12.4. The normalized spacial score (nSPS) is 16.0. The van der Waals surface area contributed by atoms with Gasteiger partial charge in [0.25, 0.3) is 5.91 Å². The molecule has 6 nitrogen and oxygen atoms in total. The number of imidazole rings is 1. The lowest BCUT2D eigenvalue weighted by Gasteiger charge is -2.10. The summed E-state index contributed by atoms with van der Waals surface area (Å²) < 4.78 is 2.69. The number of thiophene rings is 1. The fourth-order valence-corrected chi connectivity index (χ4v) is 3.90. The van der Waals surface area contributed by atoms with Gasteiger partial charge < -0.3 is 14.7 Å². The van der Waals surface area contributed by atoms with Gasteiger partial charge in [0.1, 0.15) is 5.71 Å². The van der Waals surface area contributed by atoms with E-state index in [9.17, 15) is 4.79 Å². The lowest BCUT2D eigenvalue weighted by atomic mass is 10.1. The summed E-state index contributed by atoms with van der Waals surface area (Å²) in [5.41, 5.74) is 2.94. The van der Waals surface area contributed by atoms with E-state index in [0.717, 1.165) is 28.3 Å². The van der Waals surface area contributed by atoms with Crippen LogP contribution in [0.4, 0.5) is 0 Å². The molecule has 0 saturated heterocycles. The smallest absolute Gasteiger partial charge is 0.264 e. The first-order chi connectivity index (χ1) is 13.2. The van der Waals surface area contributed by atoms with Crippen molar-refractivity contribution in [1.82, 2.24) is 14.9 Å². The van der Waals surface area contributed by atoms with Gasteiger partial charge in [-0.15, -0.1) is 11.3 Å². The third kappa shape index (κ3) is 4.37. The van der Waals surface area contributed by atoms with Crippen molar-refractivity contribution in [3.63, 3.8) is 0 Å².